The molecule has 0 spiro atoms. The number of hydrogen-bond donors (Lipinski definition) is 1. The van der Waals surface area contributed by atoms with Gasteiger partial charge in [-0.15, -0.1) is 22.9 Å². The van der Waals surface area contributed by atoms with Crippen molar-refractivity contribution in [1.29, 1.82) is 0 Å². The van der Waals surface area contributed by atoms with Gasteiger partial charge < -0.3 is 0 Å². The van der Waals surface area contributed by atoms with E-state index in [2.05, 4.69) is 9.71 Å². The first kappa shape index (κ1) is 13.3. The van der Waals surface area contributed by atoms with E-state index < -0.39 is 15.6 Å². The molecule has 1 aliphatic carbocycles. The number of thiazole rings is 1. The van der Waals surface area contributed by atoms with Crippen LogP contribution in [0.4, 0.5) is 0 Å². The number of aryl methyl sites for hydroxylation is 1. The molecule has 7 heteroatoms. The lowest BCUT2D eigenvalue weighted by Gasteiger charge is -2.26. The highest BCUT2D eigenvalue weighted by Gasteiger charge is 2.37. The van der Waals surface area contributed by atoms with Gasteiger partial charge in [-0.3, -0.25) is 0 Å². The Morgan fingerprint density at radius 1 is 1.53 bits per heavy atom. The van der Waals surface area contributed by atoms with Crippen LogP contribution in [0.25, 0.3) is 0 Å². The Morgan fingerprint density at radius 3 is 2.65 bits per heavy atom. The molecule has 0 bridgehead atoms. The summed E-state index contributed by atoms with van der Waals surface area (Å²) < 4.78 is 27.4. The van der Waals surface area contributed by atoms with Gasteiger partial charge in [0.1, 0.15) is 0 Å². The number of halogens is 1. The molecular weight excluding hydrogens is 280 g/mol. The molecule has 0 aliphatic heterocycles. The number of aromatic nitrogens is 1. The summed E-state index contributed by atoms with van der Waals surface area (Å²) in [5.74, 6) is 0.323. The highest BCUT2D eigenvalue weighted by Crippen LogP contribution is 2.32. The van der Waals surface area contributed by atoms with Gasteiger partial charge in [0.15, 0.2) is 4.21 Å². The normalized spacial score (nSPS) is 19.6. The van der Waals surface area contributed by atoms with E-state index in [-0.39, 0.29) is 4.21 Å². The van der Waals surface area contributed by atoms with E-state index in [1.54, 1.807) is 6.92 Å². The molecule has 0 radical (unpaired) electrons. The van der Waals surface area contributed by atoms with Gasteiger partial charge in [0.25, 0.3) is 10.0 Å². The monoisotopic (exact) mass is 294 g/mol. The van der Waals surface area contributed by atoms with Crippen molar-refractivity contribution in [3.8, 4) is 0 Å². The SMILES string of the molecule is Cc1ncc(S(=O)(=O)NC2(CCl)CCCC2)s1. The quantitative estimate of drug-likeness (QED) is 0.867. The van der Waals surface area contributed by atoms with Crippen LogP contribution in [0.15, 0.2) is 10.4 Å². The van der Waals surface area contributed by atoms with Gasteiger partial charge in [-0.1, -0.05) is 12.8 Å². The minimum absolute atomic E-state index is 0.270. The second kappa shape index (κ2) is 4.84. The number of nitrogens with zero attached hydrogens (tertiary/aromatic N) is 1. The standard InChI is InChI=1S/C10H15ClN2O2S2/c1-8-12-6-9(16-8)17(14,15)13-10(7-11)4-2-3-5-10/h6,13H,2-5,7H2,1H3. The van der Waals surface area contributed by atoms with Crippen LogP contribution in [0.3, 0.4) is 0 Å². The molecule has 0 aromatic carbocycles. The van der Waals surface area contributed by atoms with E-state index in [4.69, 9.17) is 11.6 Å². The van der Waals surface area contributed by atoms with E-state index in [9.17, 15) is 8.42 Å². The highest BCUT2D eigenvalue weighted by atomic mass is 35.5. The third-order valence-corrected chi connectivity index (χ3v) is 6.50. The lowest BCUT2D eigenvalue weighted by Crippen LogP contribution is -2.47. The zero-order valence-electron chi connectivity index (χ0n) is 9.57. The van der Waals surface area contributed by atoms with Crippen molar-refractivity contribution in [3.05, 3.63) is 11.2 Å². The molecule has 4 nitrogen and oxygen atoms in total. The average molecular weight is 295 g/mol. The molecule has 0 atom stereocenters. The van der Waals surface area contributed by atoms with Gasteiger partial charge in [-0.05, 0) is 19.8 Å². The Bertz CT molecular complexity index is 492. The van der Waals surface area contributed by atoms with E-state index >= 15 is 0 Å². The summed E-state index contributed by atoms with van der Waals surface area (Å²) in [5, 5.41) is 0.747. The maximum atomic E-state index is 12.2. The van der Waals surface area contributed by atoms with Crippen LogP contribution in [-0.4, -0.2) is 24.8 Å². The van der Waals surface area contributed by atoms with Crippen LogP contribution in [0.1, 0.15) is 30.7 Å². The van der Waals surface area contributed by atoms with E-state index in [1.807, 2.05) is 0 Å². The van der Waals surface area contributed by atoms with Gasteiger partial charge in [0, 0.05) is 11.4 Å². The van der Waals surface area contributed by atoms with Crippen molar-refractivity contribution in [1.82, 2.24) is 9.71 Å². The molecule has 2 rings (SSSR count). The predicted molar refractivity (Wildman–Crippen MR) is 69.1 cm³/mol. The summed E-state index contributed by atoms with van der Waals surface area (Å²) in [7, 11) is -3.47. The van der Waals surface area contributed by atoms with E-state index in [1.165, 1.54) is 17.5 Å². The van der Waals surface area contributed by atoms with E-state index in [0.29, 0.717) is 5.88 Å². The van der Waals surface area contributed by atoms with Crippen LogP contribution >= 0.6 is 22.9 Å². The molecule has 1 aliphatic rings. The van der Waals surface area contributed by atoms with Crippen molar-refractivity contribution in [3.63, 3.8) is 0 Å². The molecule has 1 aromatic rings. The van der Waals surface area contributed by atoms with Crippen LogP contribution in [0, 0.1) is 6.92 Å². The number of hydrogen-bond acceptors (Lipinski definition) is 4. The first-order valence-electron chi connectivity index (χ1n) is 5.50. The van der Waals surface area contributed by atoms with Gasteiger partial charge in [0.05, 0.1) is 11.2 Å². The number of sulfonamides is 1. The second-order valence-electron chi connectivity index (χ2n) is 4.42. The first-order chi connectivity index (χ1) is 7.97. The van der Waals surface area contributed by atoms with Gasteiger partial charge >= 0.3 is 0 Å². The minimum Gasteiger partial charge on any atom is -0.249 e. The fourth-order valence-electron chi connectivity index (χ4n) is 2.12. The first-order valence-corrected chi connectivity index (χ1v) is 8.33. The molecule has 0 saturated heterocycles. The van der Waals surface area contributed by atoms with Gasteiger partial charge in [-0.2, -0.15) is 0 Å². The fraction of sp³-hybridized carbons (Fsp3) is 0.700. The molecule has 1 aromatic heterocycles. The van der Waals surface area contributed by atoms with Gasteiger partial charge in [-0.25, -0.2) is 18.1 Å². The minimum atomic E-state index is -3.47. The molecule has 0 amide bonds. The molecule has 17 heavy (non-hydrogen) atoms. The molecule has 1 heterocycles. The molecule has 0 unspecified atom stereocenters. The van der Waals surface area contributed by atoms with Crippen LogP contribution in [0.5, 0.6) is 0 Å². The van der Waals surface area contributed by atoms with Crippen LogP contribution < -0.4 is 4.72 Å². The third kappa shape index (κ3) is 2.81. The highest BCUT2D eigenvalue weighted by molar-refractivity contribution is 7.91. The Balaban J connectivity index is 2.22. The predicted octanol–water partition coefficient (Wildman–Crippen LogP) is 2.28. The summed E-state index contributed by atoms with van der Waals surface area (Å²) >= 11 is 7.11. The molecule has 1 saturated carbocycles. The Labute approximate surface area is 110 Å². The maximum absolute atomic E-state index is 12.2. The molecule has 96 valence electrons. The zero-order valence-corrected chi connectivity index (χ0v) is 12.0. The van der Waals surface area contributed by atoms with Crippen molar-refractivity contribution in [2.45, 2.75) is 42.4 Å². The average Bonchev–Trinajstić information content (AvgIpc) is 2.87. The number of rotatable bonds is 4. The molecule has 1 fully saturated rings. The van der Waals surface area contributed by atoms with Gasteiger partial charge in [0.2, 0.25) is 0 Å². The summed E-state index contributed by atoms with van der Waals surface area (Å²) in [6.07, 6.45) is 5.08. The van der Waals surface area contributed by atoms with Crippen molar-refractivity contribution in [2.75, 3.05) is 5.88 Å². The number of alkyl halides is 1. The lowest BCUT2D eigenvalue weighted by molar-refractivity contribution is 0.433. The largest absolute Gasteiger partial charge is 0.252 e. The summed E-state index contributed by atoms with van der Waals surface area (Å²) in [4.78, 5) is 3.97. The van der Waals surface area contributed by atoms with Crippen LogP contribution in [-0.2, 0) is 10.0 Å². The summed E-state index contributed by atoms with van der Waals surface area (Å²) in [6.45, 7) is 1.79. The van der Waals surface area contributed by atoms with Crippen molar-refractivity contribution in [2.24, 2.45) is 0 Å². The number of nitrogens with one attached hydrogen (secondary N) is 1. The Kier molecular flexibility index (Phi) is 3.77. The maximum Gasteiger partial charge on any atom is 0.252 e. The third-order valence-electron chi connectivity index (χ3n) is 3.03. The van der Waals surface area contributed by atoms with E-state index in [0.717, 1.165) is 30.7 Å². The lowest BCUT2D eigenvalue weighted by atomic mass is 10.0. The summed E-state index contributed by atoms with van der Waals surface area (Å²) in [6, 6.07) is 0. The summed E-state index contributed by atoms with van der Waals surface area (Å²) in [5.41, 5.74) is -0.460. The molecule has 1 N–H and O–H groups in total. The van der Waals surface area contributed by atoms with Crippen molar-refractivity contribution >= 4 is 33.0 Å². The topological polar surface area (TPSA) is 59.1 Å². The van der Waals surface area contributed by atoms with Crippen LogP contribution in [0.2, 0.25) is 0 Å². The second-order valence-corrected chi connectivity index (χ2v) is 7.84. The molecular formula is C10H15ClN2O2S2. The Hall–Kier alpha value is -0.170. The van der Waals surface area contributed by atoms with Crippen molar-refractivity contribution < 1.29 is 8.42 Å². The Morgan fingerprint density at radius 2 is 2.18 bits per heavy atom. The smallest absolute Gasteiger partial charge is 0.249 e. The fourth-order valence-corrected chi connectivity index (χ4v) is 5.10. The zero-order chi connectivity index (χ0) is 12.5.